The molecule has 1 aliphatic rings. The molecule has 2 rings (SSSR count). The Morgan fingerprint density at radius 1 is 1.27 bits per heavy atom. The van der Waals surface area contributed by atoms with Gasteiger partial charge in [-0.05, 0) is 46.6 Å². The van der Waals surface area contributed by atoms with Crippen LogP contribution in [0.3, 0.4) is 0 Å². The molecule has 0 bridgehead atoms. The van der Waals surface area contributed by atoms with Gasteiger partial charge in [0.15, 0.2) is 5.96 Å². The second-order valence-corrected chi connectivity index (χ2v) is 7.05. The Balaban J connectivity index is 2.15. The van der Waals surface area contributed by atoms with Gasteiger partial charge < -0.3 is 15.4 Å². The van der Waals surface area contributed by atoms with E-state index in [4.69, 9.17) is 9.73 Å². The maximum absolute atomic E-state index is 5.53. The first-order valence-corrected chi connectivity index (χ1v) is 8.10. The summed E-state index contributed by atoms with van der Waals surface area (Å²) >= 11 is 0. The number of methoxy groups -OCH3 is 1. The maximum atomic E-state index is 5.53. The second kappa shape index (κ2) is 6.59. The summed E-state index contributed by atoms with van der Waals surface area (Å²) in [7, 11) is 1.74. The van der Waals surface area contributed by atoms with E-state index in [-0.39, 0.29) is 11.0 Å². The molecule has 0 spiro atoms. The van der Waals surface area contributed by atoms with Gasteiger partial charge in [-0.15, -0.1) is 0 Å². The monoisotopic (exact) mass is 303 g/mol. The number of hydrogen-bond acceptors (Lipinski definition) is 2. The summed E-state index contributed by atoms with van der Waals surface area (Å²) in [5.74, 6) is 1.86. The summed E-state index contributed by atoms with van der Waals surface area (Å²) < 4.78 is 5.53. The molecular formula is C18H29N3O. The van der Waals surface area contributed by atoms with E-state index in [0.29, 0.717) is 0 Å². The molecule has 0 saturated heterocycles. The summed E-state index contributed by atoms with van der Waals surface area (Å²) in [6.45, 7) is 10.2. The van der Waals surface area contributed by atoms with Gasteiger partial charge in [-0.1, -0.05) is 18.2 Å². The number of benzene rings is 1. The lowest BCUT2D eigenvalue weighted by atomic mass is 9.95. The van der Waals surface area contributed by atoms with Gasteiger partial charge in [0.1, 0.15) is 5.75 Å². The normalized spacial score (nSPS) is 17.0. The summed E-state index contributed by atoms with van der Waals surface area (Å²) in [5, 5.41) is 6.77. The third-order valence-electron chi connectivity index (χ3n) is 3.91. The number of aliphatic imine (C=N–C) groups is 1. The van der Waals surface area contributed by atoms with Gasteiger partial charge in [-0.2, -0.15) is 0 Å². The van der Waals surface area contributed by atoms with Crippen LogP contribution in [0.1, 0.15) is 46.1 Å². The Labute approximate surface area is 134 Å². The predicted molar refractivity (Wildman–Crippen MR) is 92.8 cm³/mol. The van der Waals surface area contributed by atoms with Gasteiger partial charge in [-0.3, -0.25) is 4.99 Å². The number of rotatable bonds is 5. The van der Waals surface area contributed by atoms with Crippen LogP contribution in [-0.4, -0.2) is 31.7 Å². The van der Waals surface area contributed by atoms with Gasteiger partial charge >= 0.3 is 0 Å². The van der Waals surface area contributed by atoms with E-state index < -0.39 is 0 Å². The molecule has 1 aromatic rings. The van der Waals surface area contributed by atoms with Crippen molar-refractivity contribution in [3.8, 4) is 5.75 Å². The fraction of sp³-hybridized carbons (Fsp3) is 0.611. The van der Waals surface area contributed by atoms with E-state index in [9.17, 15) is 0 Å². The zero-order valence-electron chi connectivity index (χ0n) is 14.5. The average molecular weight is 303 g/mol. The van der Waals surface area contributed by atoms with Crippen molar-refractivity contribution >= 4 is 5.96 Å². The Morgan fingerprint density at radius 2 is 1.95 bits per heavy atom. The summed E-state index contributed by atoms with van der Waals surface area (Å²) in [6.07, 6.45) is 2.34. The van der Waals surface area contributed by atoms with Crippen molar-refractivity contribution in [1.82, 2.24) is 10.6 Å². The van der Waals surface area contributed by atoms with Crippen LogP contribution in [0.4, 0.5) is 0 Å². The summed E-state index contributed by atoms with van der Waals surface area (Å²) in [5.41, 5.74) is 1.43. The quantitative estimate of drug-likeness (QED) is 0.649. The molecule has 4 nitrogen and oxygen atoms in total. The van der Waals surface area contributed by atoms with Gasteiger partial charge in [0.2, 0.25) is 0 Å². The Kier molecular flexibility index (Phi) is 4.99. The molecular weight excluding hydrogens is 274 g/mol. The molecule has 0 heterocycles. The van der Waals surface area contributed by atoms with Crippen LogP contribution in [0, 0.1) is 0 Å². The van der Waals surface area contributed by atoms with Crippen LogP contribution in [0.5, 0.6) is 5.75 Å². The zero-order chi connectivity index (χ0) is 16.2. The molecule has 22 heavy (non-hydrogen) atoms. The molecule has 0 amide bonds. The molecule has 1 fully saturated rings. The number of hydrogen-bond donors (Lipinski definition) is 2. The zero-order valence-corrected chi connectivity index (χ0v) is 14.5. The van der Waals surface area contributed by atoms with Crippen molar-refractivity contribution < 1.29 is 4.74 Å². The molecule has 1 aliphatic carbocycles. The molecule has 0 aliphatic heterocycles. The Morgan fingerprint density at radius 3 is 2.50 bits per heavy atom. The smallest absolute Gasteiger partial charge is 0.191 e. The van der Waals surface area contributed by atoms with Crippen molar-refractivity contribution in [2.45, 2.75) is 51.5 Å². The number of ether oxygens (including phenoxy) is 1. The first kappa shape index (κ1) is 16.7. The van der Waals surface area contributed by atoms with Crippen molar-refractivity contribution in [2.24, 2.45) is 4.99 Å². The van der Waals surface area contributed by atoms with Crippen LogP contribution in [-0.2, 0) is 5.41 Å². The van der Waals surface area contributed by atoms with E-state index in [1.165, 1.54) is 18.4 Å². The van der Waals surface area contributed by atoms with Crippen molar-refractivity contribution in [1.29, 1.82) is 0 Å². The molecule has 122 valence electrons. The second-order valence-electron chi connectivity index (χ2n) is 7.05. The fourth-order valence-corrected chi connectivity index (χ4v) is 2.64. The third kappa shape index (κ3) is 4.15. The van der Waals surface area contributed by atoms with E-state index in [2.05, 4.69) is 50.5 Å². The highest BCUT2D eigenvalue weighted by molar-refractivity contribution is 5.80. The van der Waals surface area contributed by atoms with Gasteiger partial charge in [-0.25, -0.2) is 0 Å². The minimum Gasteiger partial charge on any atom is -0.496 e. The van der Waals surface area contributed by atoms with Crippen LogP contribution in [0.15, 0.2) is 29.3 Å². The highest BCUT2D eigenvalue weighted by atomic mass is 16.5. The molecule has 1 saturated carbocycles. The van der Waals surface area contributed by atoms with E-state index in [1.54, 1.807) is 7.11 Å². The van der Waals surface area contributed by atoms with Gasteiger partial charge in [0.25, 0.3) is 0 Å². The van der Waals surface area contributed by atoms with Crippen molar-refractivity contribution in [3.63, 3.8) is 0 Å². The molecule has 0 unspecified atom stereocenters. The number of para-hydroxylation sites is 1. The lowest BCUT2D eigenvalue weighted by molar-refractivity contribution is 0.404. The Bertz CT molecular complexity index is 527. The van der Waals surface area contributed by atoms with Crippen LogP contribution < -0.4 is 15.4 Å². The number of guanidine groups is 1. The van der Waals surface area contributed by atoms with Crippen LogP contribution in [0.2, 0.25) is 0 Å². The SMILES string of the molecule is CCNC(=NCC1(c2ccccc2OC)CC1)NC(C)(C)C. The largest absolute Gasteiger partial charge is 0.496 e. The highest BCUT2D eigenvalue weighted by Gasteiger charge is 2.46. The number of nitrogens with zero attached hydrogens (tertiary/aromatic N) is 1. The first-order chi connectivity index (χ1) is 10.4. The summed E-state index contributed by atoms with van der Waals surface area (Å²) in [6, 6.07) is 8.32. The first-order valence-electron chi connectivity index (χ1n) is 8.10. The standard InChI is InChI=1S/C18H29N3O/c1-6-19-16(21-17(2,3)4)20-13-18(11-12-18)14-9-7-8-10-15(14)22-5/h7-10H,6,11-13H2,1-5H3,(H2,19,20,21). The number of nitrogens with one attached hydrogen (secondary N) is 2. The van der Waals surface area contributed by atoms with Crippen molar-refractivity contribution in [3.05, 3.63) is 29.8 Å². The van der Waals surface area contributed by atoms with E-state index in [0.717, 1.165) is 24.8 Å². The lowest BCUT2D eigenvalue weighted by Crippen LogP contribution is -2.47. The molecule has 1 aromatic carbocycles. The molecule has 0 aromatic heterocycles. The third-order valence-corrected chi connectivity index (χ3v) is 3.91. The lowest BCUT2D eigenvalue weighted by Gasteiger charge is -2.24. The highest BCUT2D eigenvalue weighted by Crippen LogP contribution is 2.51. The fourth-order valence-electron chi connectivity index (χ4n) is 2.64. The molecule has 0 atom stereocenters. The Hall–Kier alpha value is -1.71. The van der Waals surface area contributed by atoms with Crippen molar-refractivity contribution in [2.75, 3.05) is 20.2 Å². The molecule has 4 heteroatoms. The topological polar surface area (TPSA) is 45.7 Å². The minimum atomic E-state index is 0.00214. The van der Waals surface area contributed by atoms with Crippen LogP contribution >= 0.6 is 0 Å². The molecule has 2 N–H and O–H groups in total. The van der Waals surface area contributed by atoms with Gasteiger partial charge in [0, 0.05) is 23.1 Å². The summed E-state index contributed by atoms with van der Waals surface area (Å²) in [4.78, 5) is 4.82. The van der Waals surface area contributed by atoms with E-state index in [1.807, 2.05) is 12.1 Å². The van der Waals surface area contributed by atoms with E-state index >= 15 is 0 Å². The maximum Gasteiger partial charge on any atom is 0.191 e. The minimum absolute atomic E-state index is 0.00214. The molecule has 0 radical (unpaired) electrons. The average Bonchev–Trinajstić information content (AvgIpc) is 3.25. The predicted octanol–water partition coefficient (Wildman–Crippen LogP) is 3.08. The van der Waals surface area contributed by atoms with Crippen LogP contribution in [0.25, 0.3) is 0 Å². The van der Waals surface area contributed by atoms with Gasteiger partial charge in [0.05, 0.1) is 13.7 Å².